The van der Waals surface area contributed by atoms with Crippen molar-refractivity contribution in [2.24, 2.45) is 11.7 Å². The van der Waals surface area contributed by atoms with E-state index in [1.54, 1.807) is 7.11 Å². The van der Waals surface area contributed by atoms with Crippen LogP contribution in [0.2, 0.25) is 0 Å². The van der Waals surface area contributed by atoms with Gasteiger partial charge in [0.2, 0.25) is 0 Å². The molecule has 2 heteroatoms. The van der Waals surface area contributed by atoms with Crippen molar-refractivity contribution < 1.29 is 4.74 Å². The molecule has 1 aliphatic carbocycles. The van der Waals surface area contributed by atoms with Crippen LogP contribution >= 0.6 is 0 Å². The van der Waals surface area contributed by atoms with Gasteiger partial charge in [0, 0.05) is 19.8 Å². The first-order valence-electron chi connectivity index (χ1n) is 4.59. The van der Waals surface area contributed by atoms with Crippen LogP contribution in [0.5, 0.6) is 0 Å². The highest BCUT2D eigenvalue weighted by Crippen LogP contribution is 2.27. The molecule has 2 N–H and O–H groups in total. The molecule has 0 radical (unpaired) electrons. The Morgan fingerprint density at radius 3 is 2.82 bits per heavy atom. The van der Waals surface area contributed by atoms with Gasteiger partial charge in [-0.1, -0.05) is 6.42 Å². The van der Waals surface area contributed by atoms with Gasteiger partial charge in [0.05, 0.1) is 0 Å². The van der Waals surface area contributed by atoms with Crippen molar-refractivity contribution in [3.63, 3.8) is 0 Å². The highest BCUT2D eigenvalue weighted by molar-refractivity contribution is 4.79. The van der Waals surface area contributed by atoms with Crippen LogP contribution in [0.1, 0.15) is 32.1 Å². The SMILES string of the molecule is COCCCC1CCCC1N. The van der Waals surface area contributed by atoms with Gasteiger partial charge in [-0.05, 0) is 31.6 Å². The van der Waals surface area contributed by atoms with Crippen molar-refractivity contribution in [2.75, 3.05) is 13.7 Å². The number of hydrogen-bond donors (Lipinski definition) is 1. The van der Waals surface area contributed by atoms with Crippen molar-refractivity contribution in [1.29, 1.82) is 0 Å². The summed E-state index contributed by atoms with van der Waals surface area (Å²) >= 11 is 0. The van der Waals surface area contributed by atoms with Gasteiger partial charge >= 0.3 is 0 Å². The van der Waals surface area contributed by atoms with E-state index in [1.807, 2.05) is 0 Å². The second kappa shape index (κ2) is 4.73. The molecule has 2 atom stereocenters. The van der Waals surface area contributed by atoms with Gasteiger partial charge in [0.15, 0.2) is 0 Å². The number of hydrogen-bond acceptors (Lipinski definition) is 2. The normalized spacial score (nSPS) is 31.1. The van der Waals surface area contributed by atoms with E-state index in [0.717, 1.165) is 12.5 Å². The largest absolute Gasteiger partial charge is 0.385 e. The molecular weight excluding hydrogens is 138 g/mol. The molecule has 0 aromatic carbocycles. The van der Waals surface area contributed by atoms with E-state index in [1.165, 1.54) is 32.1 Å². The summed E-state index contributed by atoms with van der Waals surface area (Å²) in [6.07, 6.45) is 6.34. The molecule has 0 saturated heterocycles. The third-order valence-corrected chi connectivity index (χ3v) is 2.64. The summed E-state index contributed by atoms with van der Waals surface area (Å²) in [7, 11) is 1.76. The van der Waals surface area contributed by atoms with Gasteiger partial charge in [-0.25, -0.2) is 0 Å². The number of ether oxygens (including phenoxy) is 1. The predicted octanol–water partition coefficient (Wildman–Crippen LogP) is 1.54. The minimum absolute atomic E-state index is 0.479. The Labute approximate surface area is 69.1 Å². The van der Waals surface area contributed by atoms with Crippen molar-refractivity contribution in [3.05, 3.63) is 0 Å². The number of methoxy groups -OCH3 is 1. The van der Waals surface area contributed by atoms with Crippen LogP contribution in [0, 0.1) is 5.92 Å². The van der Waals surface area contributed by atoms with E-state index in [2.05, 4.69) is 0 Å². The summed E-state index contributed by atoms with van der Waals surface area (Å²) in [6.45, 7) is 0.892. The second-order valence-corrected chi connectivity index (χ2v) is 3.49. The summed E-state index contributed by atoms with van der Waals surface area (Å²) in [5.74, 6) is 0.783. The quantitative estimate of drug-likeness (QED) is 0.628. The van der Waals surface area contributed by atoms with Crippen LogP contribution < -0.4 is 5.73 Å². The molecule has 1 rings (SSSR count). The Morgan fingerprint density at radius 1 is 1.45 bits per heavy atom. The average molecular weight is 157 g/mol. The van der Waals surface area contributed by atoms with E-state index in [9.17, 15) is 0 Å². The Bertz CT molecular complexity index is 106. The molecule has 1 fully saturated rings. The van der Waals surface area contributed by atoms with Crippen molar-refractivity contribution in [2.45, 2.75) is 38.1 Å². The molecule has 1 aliphatic rings. The Morgan fingerprint density at radius 2 is 2.27 bits per heavy atom. The van der Waals surface area contributed by atoms with E-state index in [4.69, 9.17) is 10.5 Å². The van der Waals surface area contributed by atoms with Gasteiger partial charge in [-0.2, -0.15) is 0 Å². The first-order chi connectivity index (χ1) is 5.34. The molecule has 66 valence electrons. The first-order valence-corrected chi connectivity index (χ1v) is 4.59. The van der Waals surface area contributed by atoms with Gasteiger partial charge in [0.25, 0.3) is 0 Å². The summed E-state index contributed by atoms with van der Waals surface area (Å²) in [5, 5.41) is 0. The maximum Gasteiger partial charge on any atom is 0.0462 e. The lowest BCUT2D eigenvalue weighted by Gasteiger charge is -2.13. The number of rotatable bonds is 4. The Hall–Kier alpha value is -0.0800. The molecule has 1 saturated carbocycles. The minimum Gasteiger partial charge on any atom is -0.385 e. The van der Waals surface area contributed by atoms with Gasteiger partial charge in [0.1, 0.15) is 0 Å². The van der Waals surface area contributed by atoms with Crippen LogP contribution in [-0.4, -0.2) is 19.8 Å². The van der Waals surface area contributed by atoms with E-state index >= 15 is 0 Å². The number of nitrogens with two attached hydrogens (primary N) is 1. The van der Waals surface area contributed by atoms with Crippen LogP contribution in [0.3, 0.4) is 0 Å². The third kappa shape index (κ3) is 2.80. The molecule has 2 unspecified atom stereocenters. The lowest BCUT2D eigenvalue weighted by molar-refractivity contribution is 0.185. The zero-order valence-corrected chi connectivity index (χ0v) is 7.38. The summed E-state index contributed by atoms with van der Waals surface area (Å²) in [5.41, 5.74) is 5.92. The maximum absolute atomic E-state index is 5.92. The molecule has 0 spiro atoms. The van der Waals surface area contributed by atoms with Crippen molar-refractivity contribution in [3.8, 4) is 0 Å². The Kier molecular flexibility index (Phi) is 3.87. The third-order valence-electron chi connectivity index (χ3n) is 2.64. The minimum atomic E-state index is 0.479. The fourth-order valence-corrected chi connectivity index (χ4v) is 1.91. The standard InChI is InChI=1S/C9H19NO/c1-11-7-3-5-8-4-2-6-9(8)10/h8-9H,2-7,10H2,1H3. The van der Waals surface area contributed by atoms with Gasteiger partial charge in [-0.15, -0.1) is 0 Å². The molecule has 0 heterocycles. The van der Waals surface area contributed by atoms with Gasteiger partial charge < -0.3 is 10.5 Å². The highest BCUT2D eigenvalue weighted by Gasteiger charge is 2.22. The van der Waals surface area contributed by atoms with Crippen molar-refractivity contribution in [1.82, 2.24) is 0 Å². The van der Waals surface area contributed by atoms with Crippen LogP contribution in [0.15, 0.2) is 0 Å². The molecule has 0 aromatic rings. The zero-order chi connectivity index (χ0) is 8.10. The summed E-state index contributed by atoms with van der Waals surface area (Å²) < 4.78 is 5.00. The first kappa shape index (κ1) is 9.01. The molecule has 0 aromatic heterocycles. The molecule has 2 nitrogen and oxygen atoms in total. The predicted molar refractivity (Wildman–Crippen MR) is 46.4 cm³/mol. The van der Waals surface area contributed by atoms with Crippen LogP contribution in [-0.2, 0) is 4.74 Å². The molecule has 0 amide bonds. The maximum atomic E-state index is 5.92. The lowest BCUT2D eigenvalue weighted by atomic mass is 9.99. The smallest absolute Gasteiger partial charge is 0.0462 e. The van der Waals surface area contributed by atoms with Crippen LogP contribution in [0.25, 0.3) is 0 Å². The van der Waals surface area contributed by atoms with Crippen molar-refractivity contribution >= 4 is 0 Å². The zero-order valence-electron chi connectivity index (χ0n) is 7.38. The highest BCUT2D eigenvalue weighted by atomic mass is 16.5. The monoisotopic (exact) mass is 157 g/mol. The molecular formula is C9H19NO. The fourth-order valence-electron chi connectivity index (χ4n) is 1.91. The molecule has 11 heavy (non-hydrogen) atoms. The molecule has 0 bridgehead atoms. The van der Waals surface area contributed by atoms with E-state index in [0.29, 0.717) is 6.04 Å². The Balaban J connectivity index is 2.05. The lowest BCUT2D eigenvalue weighted by Crippen LogP contribution is -2.24. The summed E-state index contributed by atoms with van der Waals surface area (Å²) in [6, 6.07) is 0.479. The summed E-state index contributed by atoms with van der Waals surface area (Å²) in [4.78, 5) is 0. The van der Waals surface area contributed by atoms with Crippen LogP contribution in [0.4, 0.5) is 0 Å². The van der Waals surface area contributed by atoms with Gasteiger partial charge in [-0.3, -0.25) is 0 Å². The van der Waals surface area contributed by atoms with E-state index < -0.39 is 0 Å². The van der Waals surface area contributed by atoms with E-state index in [-0.39, 0.29) is 0 Å². The second-order valence-electron chi connectivity index (χ2n) is 3.49. The average Bonchev–Trinajstić information content (AvgIpc) is 2.37. The molecule has 0 aliphatic heterocycles. The topological polar surface area (TPSA) is 35.2 Å². The fraction of sp³-hybridized carbons (Fsp3) is 1.00.